The van der Waals surface area contributed by atoms with Crippen molar-refractivity contribution in [2.24, 2.45) is 11.8 Å². The molecule has 1 saturated carbocycles. The average molecular weight is 312 g/mol. The number of hydrogen-bond acceptors (Lipinski definition) is 1. The van der Waals surface area contributed by atoms with E-state index in [9.17, 15) is 0 Å². The first kappa shape index (κ1) is 16.8. The lowest BCUT2D eigenvalue weighted by Crippen LogP contribution is -2.23. The fraction of sp³-hybridized carbons (Fsp3) is 0.636. The van der Waals surface area contributed by atoms with Gasteiger partial charge in [-0.1, -0.05) is 30.3 Å². The Balaban J connectivity index is 1.46. The number of aryl methyl sites for hydroxylation is 1. The predicted molar refractivity (Wildman–Crippen MR) is 97.8 cm³/mol. The Morgan fingerprint density at radius 2 is 1.78 bits per heavy atom. The molecule has 1 aliphatic heterocycles. The number of hydrogen-bond donors (Lipinski definition) is 0. The van der Waals surface area contributed by atoms with Crippen LogP contribution in [-0.2, 0) is 11.2 Å². The quantitative estimate of drug-likeness (QED) is 0.616. The van der Waals surface area contributed by atoms with E-state index >= 15 is 0 Å². The summed E-state index contributed by atoms with van der Waals surface area (Å²) in [6.45, 7) is 7.10. The van der Waals surface area contributed by atoms with E-state index in [0.717, 1.165) is 24.4 Å². The first-order chi connectivity index (χ1) is 11.2. The van der Waals surface area contributed by atoms with Gasteiger partial charge in [-0.3, -0.25) is 0 Å². The van der Waals surface area contributed by atoms with Gasteiger partial charge in [-0.15, -0.1) is 6.58 Å². The summed E-state index contributed by atoms with van der Waals surface area (Å²) in [5.74, 6) is 2.29. The van der Waals surface area contributed by atoms with Crippen LogP contribution >= 0.6 is 0 Å². The van der Waals surface area contributed by atoms with Crippen LogP contribution in [-0.4, -0.2) is 12.7 Å². The molecule has 1 aromatic carbocycles. The van der Waals surface area contributed by atoms with E-state index in [-0.39, 0.29) is 0 Å². The Morgan fingerprint density at radius 1 is 1.04 bits per heavy atom. The summed E-state index contributed by atoms with van der Waals surface area (Å²) in [4.78, 5) is 0. The summed E-state index contributed by atoms with van der Waals surface area (Å²) < 4.78 is 5.79. The maximum absolute atomic E-state index is 5.79. The number of allylic oxidation sites excluding steroid dienone is 1. The van der Waals surface area contributed by atoms with Crippen molar-refractivity contribution >= 4 is 0 Å². The molecule has 23 heavy (non-hydrogen) atoms. The molecule has 1 heterocycles. The van der Waals surface area contributed by atoms with E-state index in [1.807, 2.05) is 0 Å². The molecule has 1 aromatic rings. The van der Waals surface area contributed by atoms with Gasteiger partial charge in [-0.05, 0) is 87.2 Å². The van der Waals surface area contributed by atoms with Crippen LogP contribution in [0.15, 0.2) is 36.9 Å². The van der Waals surface area contributed by atoms with Crippen molar-refractivity contribution in [3.63, 3.8) is 0 Å². The molecule has 1 saturated heterocycles. The number of benzene rings is 1. The fourth-order valence-electron chi connectivity index (χ4n) is 4.18. The average Bonchev–Trinajstić information content (AvgIpc) is 2.62. The smallest absolute Gasteiger partial charge is 0.0547 e. The standard InChI is InChI=1S/C22H32O/c1-3-18-8-12-21(13-9-18)22-14-10-19(11-15-22)6-7-20-5-4-17(2)23-16-20/h3,10-11,14-15,17-18,20-21H,1,4-9,12-13,16H2,2H3. The lowest BCUT2D eigenvalue weighted by molar-refractivity contribution is -0.00694. The van der Waals surface area contributed by atoms with E-state index < -0.39 is 0 Å². The molecule has 2 atom stereocenters. The molecule has 1 aliphatic carbocycles. The fourth-order valence-corrected chi connectivity index (χ4v) is 4.18. The van der Waals surface area contributed by atoms with Crippen LogP contribution in [0.1, 0.15) is 68.9 Å². The maximum atomic E-state index is 5.79. The van der Waals surface area contributed by atoms with Gasteiger partial charge in [0.1, 0.15) is 0 Å². The number of ether oxygens (including phenoxy) is 1. The van der Waals surface area contributed by atoms with Crippen molar-refractivity contribution in [1.82, 2.24) is 0 Å². The third-order valence-corrected chi connectivity index (χ3v) is 6.00. The van der Waals surface area contributed by atoms with E-state index in [0.29, 0.717) is 6.10 Å². The first-order valence-electron chi connectivity index (χ1n) is 9.57. The topological polar surface area (TPSA) is 9.23 Å². The zero-order valence-corrected chi connectivity index (χ0v) is 14.7. The SMILES string of the molecule is C=CC1CCC(c2ccc(CCC3CCC(C)OC3)cc2)CC1. The van der Waals surface area contributed by atoms with E-state index in [1.165, 1.54) is 56.9 Å². The van der Waals surface area contributed by atoms with Gasteiger partial charge >= 0.3 is 0 Å². The summed E-state index contributed by atoms with van der Waals surface area (Å²) in [5.41, 5.74) is 3.04. The monoisotopic (exact) mass is 312 g/mol. The van der Waals surface area contributed by atoms with Gasteiger partial charge in [0.25, 0.3) is 0 Å². The highest BCUT2D eigenvalue weighted by Crippen LogP contribution is 2.36. The van der Waals surface area contributed by atoms with Crippen LogP contribution in [0.4, 0.5) is 0 Å². The highest BCUT2D eigenvalue weighted by Gasteiger charge is 2.21. The summed E-state index contributed by atoms with van der Waals surface area (Å²) in [7, 11) is 0. The molecule has 126 valence electrons. The zero-order chi connectivity index (χ0) is 16.1. The van der Waals surface area contributed by atoms with Gasteiger partial charge in [0.15, 0.2) is 0 Å². The molecule has 2 aliphatic rings. The summed E-state index contributed by atoms with van der Waals surface area (Å²) in [6.07, 6.45) is 13.0. The summed E-state index contributed by atoms with van der Waals surface area (Å²) >= 11 is 0. The maximum Gasteiger partial charge on any atom is 0.0547 e. The van der Waals surface area contributed by atoms with E-state index in [1.54, 1.807) is 5.56 Å². The Hall–Kier alpha value is -1.08. The van der Waals surface area contributed by atoms with Crippen molar-refractivity contribution in [3.8, 4) is 0 Å². The zero-order valence-electron chi connectivity index (χ0n) is 14.7. The lowest BCUT2D eigenvalue weighted by atomic mass is 9.78. The highest BCUT2D eigenvalue weighted by molar-refractivity contribution is 5.26. The van der Waals surface area contributed by atoms with Gasteiger partial charge in [0.2, 0.25) is 0 Å². The second-order valence-corrected chi connectivity index (χ2v) is 7.71. The second kappa shape index (κ2) is 8.15. The van der Waals surface area contributed by atoms with Crippen LogP contribution < -0.4 is 0 Å². The minimum Gasteiger partial charge on any atom is -0.378 e. The van der Waals surface area contributed by atoms with Crippen molar-refractivity contribution in [1.29, 1.82) is 0 Å². The minimum atomic E-state index is 0.474. The van der Waals surface area contributed by atoms with Crippen molar-refractivity contribution in [2.45, 2.75) is 70.3 Å². The molecule has 0 aromatic heterocycles. The Kier molecular flexibility index (Phi) is 5.94. The molecule has 3 rings (SSSR count). The van der Waals surface area contributed by atoms with Crippen molar-refractivity contribution < 1.29 is 4.74 Å². The molecule has 0 bridgehead atoms. The van der Waals surface area contributed by atoms with E-state index in [4.69, 9.17) is 4.74 Å². The predicted octanol–water partition coefficient (Wildman–Crippen LogP) is 5.89. The van der Waals surface area contributed by atoms with Gasteiger partial charge < -0.3 is 4.74 Å². The van der Waals surface area contributed by atoms with Crippen LogP contribution in [0.3, 0.4) is 0 Å². The van der Waals surface area contributed by atoms with E-state index in [2.05, 4.69) is 43.8 Å². The summed E-state index contributed by atoms with van der Waals surface area (Å²) in [5, 5.41) is 0. The third kappa shape index (κ3) is 4.70. The Morgan fingerprint density at radius 3 is 2.39 bits per heavy atom. The molecular formula is C22H32O. The van der Waals surface area contributed by atoms with Gasteiger partial charge in [-0.2, -0.15) is 0 Å². The molecule has 0 N–H and O–H groups in total. The van der Waals surface area contributed by atoms with Crippen molar-refractivity contribution in [2.75, 3.05) is 6.61 Å². The molecule has 0 spiro atoms. The first-order valence-corrected chi connectivity index (χ1v) is 9.57. The van der Waals surface area contributed by atoms with Crippen LogP contribution in [0.5, 0.6) is 0 Å². The van der Waals surface area contributed by atoms with Crippen molar-refractivity contribution in [3.05, 3.63) is 48.0 Å². The minimum absolute atomic E-state index is 0.474. The normalized spacial score (nSPS) is 31.7. The molecule has 0 radical (unpaired) electrons. The molecule has 2 fully saturated rings. The van der Waals surface area contributed by atoms with Gasteiger partial charge in [0.05, 0.1) is 6.10 Å². The van der Waals surface area contributed by atoms with Crippen LogP contribution in [0.2, 0.25) is 0 Å². The molecule has 2 unspecified atom stereocenters. The highest BCUT2D eigenvalue weighted by atomic mass is 16.5. The largest absolute Gasteiger partial charge is 0.378 e. The Bertz CT molecular complexity index is 473. The third-order valence-electron chi connectivity index (χ3n) is 6.00. The number of rotatable bonds is 5. The lowest BCUT2D eigenvalue weighted by Gasteiger charge is -2.27. The van der Waals surface area contributed by atoms with Gasteiger partial charge in [-0.25, -0.2) is 0 Å². The molecule has 1 nitrogen and oxygen atoms in total. The van der Waals surface area contributed by atoms with Gasteiger partial charge in [0, 0.05) is 6.61 Å². The molecule has 0 amide bonds. The van der Waals surface area contributed by atoms with Crippen LogP contribution in [0.25, 0.3) is 0 Å². The Labute approximate surface area is 142 Å². The molecular weight excluding hydrogens is 280 g/mol. The van der Waals surface area contributed by atoms with Crippen LogP contribution in [0, 0.1) is 11.8 Å². The molecule has 1 heteroatoms. The summed E-state index contributed by atoms with van der Waals surface area (Å²) in [6, 6.07) is 9.49. The second-order valence-electron chi connectivity index (χ2n) is 7.71.